The quantitative estimate of drug-likeness (QED) is 0.0401. The number of rotatable bonds is 19. The molecular formula is C64H68Cl3N11O6. The molecule has 84 heavy (non-hydrogen) atoms. The maximum atomic E-state index is 13.8. The molecule has 17 nitrogen and oxygen atoms in total. The number of hydrogen-bond donors (Lipinski definition) is 7. The Morgan fingerprint density at radius 2 is 1.07 bits per heavy atom. The van der Waals surface area contributed by atoms with E-state index in [-0.39, 0.29) is 47.8 Å². The fourth-order valence-electron chi connectivity index (χ4n) is 11.6. The van der Waals surface area contributed by atoms with Gasteiger partial charge in [0, 0.05) is 130 Å². The predicted molar refractivity (Wildman–Crippen MR) is 332 cm³/mol. The van der Waals surface area contributed by atoms with Crippen molar-refractivity contribution in [2.75, 3.05) is 84.5 Å². The predicted octanol–water partition coefficient (Wildman–Crippen LogP) is 12.7. The first kappa shape index (κ1) is 58.5. The molecule has 0 spiro atoms. The molecule has 7 aromatic rings. The number of carbonyl (C=O) groups is 3. The number of carbonyl (C=O) groups excluding carboxylic acids is 3. The lowest BCUT2D eigenvalue weighted by atomic mass is 9.90. The van der Waals surface area contributed by atoms with Gasteiger partial charge in [0.25, 0.3) is 5.91 Å². The highest BCUT2D eigenvalue weighted by Gasteiger charge is 2.37. The smallest absolute Gasteiger partial charge is 0.258 e. The Bertz CT molecular complexity index is 3480. The molecule has 6 unspecified atom stereocenters. The summed E-state index contributed by atoms with van der Waals surface area (Å²) in [6.07, 6.45) is 13.8. The van der Waals surface area contributed by atoms with E-state index in [9.17, 15) is 14.4 Å². The normalized spacial score (nSPS) is 20.8. The second-order valence-corrected chi connectivity index (χ2v) is 23.4. The molecule has 4 saturated heterocycles. The van der Waals surface area contributed by atoms with Crippen LogP contribution in [-0.4, -0.2) is 102 Å². The summed E-state index contributed by atoms with van der Waals surface area (Å²) >= 11 is 20.0. The van der Waals surface area contributed by atoms with Crippen LogP contribution in [0, 0.1) is 23.7 Å². The maximum absolute atomic E-state index is 13.8. The van der Waals surface area contributed by atoms with Crippen LogP contribution in [0.3, 0.4) is 0 Å². The second kappa shape index (κ2) is 27.7. The third-order valence-corrected chi connectivity index (χ3v) is 17.1. The lowest BCUT2D eigenvalue weighted by Crippen LogP contribution is -2.42. The molecule has 20 heteroatoms. The number of halogens is 3. The molecule has 4 aliphatic heterocycles. The Hall–Kier alpha value is -7.22. The zero-order valence-corrected chi connectivity index (χ0v) is 48.9. The summed E-state index contributed by atoms with van der Waals surface area (Å²) in [5, 5.41) is 24.6. The SMILES string of the molecule is CC(=O)Nc1cc(-c2cccc(NCC3CCOC(C4CC(C(=O)Nc5cc(-c6cccc(NCC7CCOC(c8cncc(C(=O)Nc9cc(-c%10cccc(NCC%11CCOCC%11)c%10)c(Cl)cn9)c8)C7)c6)c(Cl)cn5)CN4)C3)c2)c(Cl)cn1. The molecule has 4 aromatic heterocycles. The van der Waals surface area contributed by atoms with Crippen LogP contribution in [0.2, 0.25) is 15.1 Å². The van der Waals surface area contributed by atoms with Crippen LogP contribution in [0.15, 0.2) is 128 Å². The minimum absolute atomic E-state index is 0.0260. The average molecular weight is 1190 g/mol. The Labute approximate surface area is 504 Å². The molecule has 4 aliphatic rings. The number of ether oxygens (including phenoxy) is 3. The first-order valence-corrected chi connectivity index (χ1v) is 29.9. The summed E-state index contributed by atoms with van der Waals surface area (Å²) in [7, 11) is 0. The minimum Gasteiger partial charge on any atom is -0.385 e. The highest BCUT2D eigenvalue weighted by molar-refractivity contribution is 6.34. The van der Waals surface area contributed by atoms with E-state index in [1.165, 1.54) is 6.92 Å². The highest BCUT2D eigenvalue weighted by atomic mass is 35.5. The Balaban J connectivity index is 0.647. The van der Waals surface area contributed by atoms with Gasteiger partial charge in [0.05, 0.1) is 38.8 Å². The van der Waals surface area contributed by atoms with Gasteiger partial charge >= 0.3 is 0 Å². The molecular weight excluding hydrogens is 1130 g/mol. The van der Waals surface area contributed by atoms with E-state index < -0.39 is 0 Å². The van der Waals surface area contributed by atoms with E-state index in [1.54, 1.807) is 43.1 Å². The fraction of sp³-hybridized carbons (Fsp3) is 0.359. The van der Waals surface area contributed by atoms with Gasteiger partial charge in [0.1, 0.15) is 17.5 Å². The van der Waals surface area contributed by atoms with Gasteiger partial charge in [-0.1, -0.05) is 71.2 Å². The van der Waals surface area contributed by atoms with Crippen molar-refractivity contribution in [3.05, 3.63) is 154 Å². The third kappa shape index (κ3) is 15.2. The van der Waals surface area contributed by atoms with E-state index in [0.29, 0.717) is 82.6 Å². The van der Waals surface area contributed by atoms with Gasteiger partial charge in [0.2, 0.25) is 11.8 Å². The van der Waals surface area contributed by atoms with Crippen LogP contribution in [0.1, 0.15) is 73.9 Å². The second-order valence-electron chi connectivity index (χ2n) is 22.2. The first-order chi connectivity index (χ1) is 40.9. The van der Waals surface area contributed by atoms with Crippen molar-refractivity contribution in [2.24, 2.45) is 23.7 Å². The van der Waals surface area contributed by atoms with E-state index >= 15 is 0 Å². The molecule has 0 aliphatic carbocycles. The van der Waals surface area contributed by atoms with Gasteiger partial charge in [-0.2, -0.15) is 0 Å². The molecule has 0 bridgehead atoms. The number of pyridine rings is 4. The van der Waals surface area contributed by atoms with Crippen LogP contribution in [-0.2, 0) is 23.8 Å². The molecule has 3 aromatic carbocycles. The fourth-order valence-corrected chi connectivity index (χ4v) is 12.2. The van der Waals surface area contributed by atoms with Crippen molar-refractivity contribution in [3.8, 4) is 33.4 Å². The number of nitrogens with one attached hydrogen (secondary N) is 7. The van der Waals surface area contributed by atoms with Crippen LogP contribution in [0.4, 0.5) is 34.5 Å². The van der Waals surface area contributed by atoms with E-state index in [1.807, 2.05) is 72.8 Å². The first-order valence-electron chi connectivity index (χ1n) is 28.8. The van der Waals surface area contributed by atoms with E-state index in [4.69, 9.17) is 49.0 Å². The zero-order chi connectivity index (χ0) is 57.9. The lowest BCUT2D eigenvalue weighted by molar-refractivity contribution is -0.119. The molecule has 3 amide bonds. The summed E-state index contributed by atoms with van der Waals surface area (Å²) < 4.78 is 18.1. The van der Waals surface area contributed by atoms with E-state index in [0.717, 1.165) is 121 Å². The largest absolute Gasteiger partial charge is 0.385 e. The van der Waals surface area contributed by atoms with Crippen LogP contribution in [0.25, 0.3) is 33.4 Å². The Morgan fingerprint density at radius 1 is 0.560 bits per heavy atom. The minimum atomic E-state index is -0.337. The monoisotopic (exact) mass is 1190 g/mol. The van der Waals surface area contributed by atoms with Crippen molar-refractivity contribution in [3.63, 3.8) is 0 Å². The standard InChI is InChI=1S/C64H68Cl3N11O6/c1-38(79)76-60-26-51(54(65)35-73-60)42-5-3-10-50(23-42)71-31-41-14-18-84-59(20-41)57-25-47(34-72-57)64(81)78-62-28-53(56(67)37-75-62)44-7-4-9-49(24-44)70-30-40-13-17-83-58(19-40)45-21-46(33-68-32-45)63(80)77-61-27-52(55(66)36-74-61)43-6-2-8-48(22-43)69-29-39-11-15-82-16-12-39/h2-10,21-24,26-28,32-33,35-37,39-41,47,57-59,69-72H,11-20,25,29-31,34H2,1H3,(H,73,76,79)(H,74,77,80)(H,75,78,81). The molecule has 6 atom stereocenters. The Kier molecular flexibility index (Phi) is 19.3. The maximum Gasteiger partial charge on any atom is 0.258 e. The lowest BCUT2D eigenvalue weighted by Gasteiger charge is -2.33. The molecule has 7 N–H and O–H groups in total. The van der Waals surface area contributed by atoms with Gasteiger partial charge in [-0.3, -0.25) is 19.4 Å². The van der Waals surface area contributed by atoms with Crippen LogP contribution in [0.5, 0.6) is 0 Å². The average Bonchev–Trinajstić information content (AvgIpc) is 4.08. The topological polar surface area (TPSA) is 215 Å². The molecule has 8 heterocycles. The summed E-state index contributed by atoms with van der Waals surface area (Å²) in [4.78, 5) is 56.7. The van der Waals surface area contributed by atoms with Crippen molar-refractivity contribution < 1.29 is 28.6 Å². The van der Waals surface area contributed by atoms with Crippen LogP contribution >= 0.6 is 34.8 Å². The molecule has 0 radical (unpaired) electrons. The number of aromatic nitrogens is 4. The summed E-state index contributed by atoms with van der Waals surface area (Å²) in [5.74, 6) is 1.55. The van der Waals surface area contributed by atoms with Crippen LogP contribution < -0.4 is 37.2 Å². The van der Waals surface area contributed by atoms with Gasteiger partial charge in [0.15, 0.2) is 0 Å². The summed E-state index contributed by atoms with van der Waals surface area (Å²) in [5.41, 5.74) is 9.10. The molecule has 436 valence electrons. The molecule has 4 fully saturated rings. The molecule has 11 rings (SSSR count). The van der Waals surface area contributed by atoms with Gasteiger partial charge in [-0.05, 0) is 146 Å². The summed E-state index contributed by atoms with van der Waals surface area (Å²) in [6, 6.07) is 31.5. The van der Waals surface area contributed by atoms with Gasteiger partial charge in [-0.25, -0.2) is 15.0 Å². The highest BCUT2D eigenvalue weighted by Crippen LogP contribution is 2.37. The van der Waals surface area contributed by atoms with Crippen molar-refractivity contribution in [1.82, 2.24) is 25.3 Å². The molecule has 0 saturated carbocycles. The number of anilines is 6. The number of nitrogens with zero attached hydrogens (tertiary/aromatic N) is 4. The number of amides is 3. The number of hydrogen-bond acceptors (Lipinski definition) is 14. The van der Waals surface area contributed by atoms with Crippen molar-refractivity contribution in [2.45, 2.75) is 70.1 Å². The van der Waals surface area contributed by atoms with Gasteiger partial charge < -0.3 is 51.4 Å². The van der Waals surface area contributed by atoms with Crippen molar-refractivity contribution in [1.29, 1.82) is 0 Å². The number of benzene rings is 3. The van der Waals surface area contributed by atoms with E-state index in [2.05, 4.69) is 69.3 Å². The van der Waals surface area contributed by atoms with Crippen molar-refractivity contribution >= 4 is 87.0 Å². The third-order valence-electron chi connectivity index (χ3n) is 16.2. The zero-order valence-electron chi connectivity index (χ0n) is 46.6. The van der Waals surface area contributed by atoms with Gasteiger partial charge in [-0.15, -0.1) is 0 Å². The summed E-state index contributed by atoms with van der Waals surface area (Å²) in [6.45, 7) is 7.13. The Morgan fingerprint density at radius 3 is 1.64 bits per heavy atom.